The molecule has 37 heavy (non-hydrogen) atoms. The van der Waals surface area contributed by atoms with E-state index in [0.717, 1.165) is 34.2 Å². The number of benzene rings is 2. The van der Waals surface area contributed by atoms with Gasteiger partial charge in [-0.25, -0.2) is 13.8 Å². The lowest BCUT2D eigenvalue weighted by molar-refractivity contribution is -0.126. The van der Waals surface area contributed by atoms with Crippen molar-refractivity contribution >= 4 is 28.3 Å². The first-order valence-corrected chi connectivity index (χ1v) is 12.8. The van der Waals surface area contributed by atoms with Gasteiger partial charge in [0.05, 0.1) is 31.1 Å². The number of carbonyl (C=O) groups excluding carboxylic acids is 2. The van der Waals surface area contributed by atoms with Crippen LogP contribution in [0, 0.1) is 11.6 Å². The predicted octanol–water partition coefficient (Wildman–Crippen LogP) is 5.49. The van der Waals surface area contributed by atoms with E-state index in [1.165, 1.54) is 11.3 Å². The molecule has 1 aromatic heterocycles. The van der Waals surface area contributed by atoms with Crippen molar-refractivity contribution in [2.45, 2.75) is 58.8 Å². The Morgan fingerprint density at radius 3 is 2.49 bits per heavy atom. The molecule has 0 aliphatic rings. The highest BCUT2D eigenvalue weighted by Crippen LogP contribution is 2.34. The van der Waals surface area contributed by atoms with Gasteiger partial charge in [0, 0.05) is 12.3 Å². The summed E-state index contributed by atoms with van der Waals surface area (Å²) in [6, 6.07) is 7.79. The largest absolute Gasteiger partial charge is 0.497 e. The molecule has 0 aliphatic heterocycles. The van der Waals surface area contributed by atoms with Crippen molar-refractivity contribution in [3.63, 3.8) is 0 Å². The van der Waals surface area contributed by atoms with Gasteiger partial charge in [-0.3, -0.25) is 9.59 Å². The minimum atomic E-state index is -0.820. The van der Waals surface area contributed by atoms with Crippen LogP contribution in [0.3, 0.4) is 0 Å². The molecule has 0 spiro atoms. The molecule has 0 unspecified atom stereocenters. The maximum atomic E-state index is 13.4. The number of rotatable bonds is 12. The Kier molecular flexibility index (Phi) is 10.1. The van der Waals surface area contributed by atoms with Crippen molar-refractivity contribution in [1.82, 2.24) is 10.3 Å². The molecule has 0 saturated heterocycles. The van der Waals surface area contributed by atoms with Crippen LogP contribution < -0.4 is 15.4 Å². The van der Waals surface area contributed by atoms with Gasteiger partial charge in [0.2, 0.25) is 11.8 Å². The van der Waals surface area contributed by atoms with E-state index in [9.17, 15) is 18.4 Å². The zero-order chi connectivity index (χ0) is 26.9. The zero-order valence-corrected chi connectivity index (χ0v) is 22.1. The van der Waals surface area contributed by atoms with Gasteiger partial charge in [0.25, 0.3) is 0 Å². The van der Waals surface area contributed by atoms with Crippen molar-refractivity contribution in [2.75, 3.05) is 12.4 Å². The molecule has 0 fully saturated rings. The number of nitrogens with one attached hydrogen (secondary N) is 2. The van der Waals surface area contributed by atoms with E-state index in [-0.39, 0.29) is 18.1 Å². The molecule has 0 bridgehead atoms. The fourth-order valence-corrected chi connectivity index (χ4v) is 4.54. The summed E-state index contributed by atoms with van der Waals surface area (Å²) < 4.78 is 38.0. The Morgan fingerprint density at radius 2 is 1.84 bits per heavy atom. The number of halogens is 2. The molecular formula is C27H31F2N3O4S. The van der Waals surface area contributed by atoms with Gasteiger partial charge in [-0.05, 0) is 67.3 Å². The number of hydrogen-bond donors (Lipinski definition) is 2. The number of methoxy groups -OCH3 is 1. The first-order chi connectivity index (χ1) is 17.7. The van der Waals surface area contributed by atoms with Gasteiger partial charge in [-0.15, -0.1) is 0 Å². The third kappa shape index (κ3) is 8.33. The van der Waals surface area contributed by atoms with Crippen molar-refractivity contribution in [3.05, 3.63) is 65.4 Å². The maximum absolute atomic E-state index is 13.4. The quantitative estimate of drug-likeness (QED) is 0.323. The van der Waals surface area contributed by atoms with Crippen LogP contribution in [0.2, 0.25) is 0 Å². The molecule has 2 aromatic carbocycles. The Bertz CT molecular complexity index is 1210. The average Bonchev–Trinajstić information content (AvgIpc) is 3.29. The Hall–Kier alpha value is -3.37. The number of ether oxygens (including phenoxy) is 2. The lowest BCUT2D eigenvalue weighted by Gasteiger charge is -2.17. The van der Waals surface area contributed by atoms with Crippen LogP contribution in [0.1, 0.15) is 44.7 Å². The van der Waals surface area contributed by atoms with E-state index in [1.54, 1.807) is 13.3 Å². The second-order valence-corrected chi connectivity index (χ2v) is 9.80. The smallest absolute Gasteiger partial charge is 0.248 e. The standard InChI is InChI=1S/C27H31F2N3O4S/c1-5-6-23(31-25(33)11-17-9-19(28)13-20(29)10-17)26(34)32-27-30-14-24(37-27)22-8-7-21(35-4)12-18(22)15-36-16(2)3/h7-10,12-14,16,23H,5-6,11,15H2,1-4H3,(H,31,33)(H,30,32,34)/t23-/m0/s1. The molecule has 7 nitrogen and oxygen atoms in total. The van der Waals surface area contributed by atoms with Gasteiger partial charge in [-0.1, -0.05) is 24.7 Å². The molecule has 1 heterocycles. The molecule has 3 aromatic rings. The topological polar surface area (TPSA) is 89.6 Å². The van der Waals surface area contributed by atoms with Crippen LogP contribution in [0.5, 0.6) is 5.75 Å². The second-order valence-electron chi connectivity index (χ2n) is 8.76. The summed E-state index contributed by atoms with van der Waals surface area (Å²) in [5, 5.41) is 5.82. The average molecular weight is 532 g/mol. The van der Waals surface area contributed by atoms with Gasteiger partial charge >= 0.3 is 0 Å². The fraction of sp³-hybridized carbons (Fsp3) is 0.370. The third-order valence-corrected chi connectivity index (χ3v) is 6.35. The summed E-state index contributed by atoms with van der Waals surface area (Å²) in [7, 11) is 1.60. The maximum Gasteiger partial charge on any atom is 0.248 e. The highest BCUT2D eigenvalue weighted by atomic mass is 32.1. The summed E-state index contributed by atoms with van der Waals surface area (Å²) in [5.41, 5.74) is 2.03. The number of carbonyl (C=O) groups is 2. The second kappa shape index (κ2) is 13.3. The molecule has 3 rings (SSSR count). The first-order valence-electron chi connectivity index (χ1n) is 12.0. The van der Waals surface area contributed by atoms with Crippen LogP contribution in [-0.4, -0.2) is 36.1 Å². The molecule has 198 valence electrons. The van der Waals surface area contributed by atoms with E-state index in [2.05, 4.69) is 15.6 Å². The Morgan fingerprint density at radius 1 is 1.11 bits per heavy atom. The number of thiazole rings is 1. The summed E-state index contributed by atoms with van der Waals surface area (Å²) in [4.78, 5) is 30.6. The zero-order valence-electron chi connectivity index (χ0n) is 21.3. The summed E-state index contributed by atoms with van der Waals surface area (Å²) in [5.74, 6) is -1.74. The normalized spacial score (nSPS) is 11.9. The third-order valence-electron chi connectivity index (χ3n) is 5.40. The number of nitrogens with zero attached hydrogens (tertiary/aromatic N) is 1. The minimum Gasteiger partial charge on any atom is -0.497 e. The number of hydrogen-bond acceptors (Lipinski definition) is 6. The van der Waals surface area contributed by atoms with Crippen LogP contribution in [0.15, 0.2) is 42.6 Å². The van der Waals surface area contributed by atoms with Crippen molar-refractivity contribution in [2.24, 2.45) is 0 Å². The molecule has 0 aliphatic carbocycles. The predicted molar refractivity (Wildman–Crippen MR) is 140 cm³/mol. The van der Waals surface area contributed by atoms with Gasteiger partial charge in [0.15, 0.2) is 5.13 Å². The molecular weight excluding hydrogens is 500 g/mol. The number of anilines is 1. The molecule has 10 heteroatoms. The SMILES string of the molecule is CCC[C@H](NC(=O)Cc1cc(F)cc(F)c1)C(=O)Nc1ncc(-c2ccc(OC)cc2COC(C)C)s1. The molecule has 2 N–H and O–H groups in total. The van der Waals surface area contributed by atoms with E-state index in [0.29, 0.717) is 30.3 Å². The van der Waals surface area contributed by atoms with E-state index in [4.69, 9.17) is 9.47 Å². The fourth-order valence-electron chi connectivity index (χ4n) is 3.66. The highest BCUT2D eigenvalue weighted by Gasteiger charge is 2.22. The molecule has 0 radical (unpaired) electrons. The van der Waals surface area contributed by atoms with Crippen LogP contribution >= 0.6 is 11.3 Å². The van der Waals surface area contributed by atoms with E-state index < -0.39 is 29.5 Å². The summed E-state index contributed by atoms with van der Waals surface area (Å²) in [6.45, 7) is 6.20. The molecule has 0 saturated carbocycles. The summed E-state index contributed by atoms with van der Waals surface area (Å²) >= 11 is 1.30. The van der Waals surface area contributed by atoms with E-state index in [1.807, 2.05) is 39.0 Å². The first kappa shape index (κ1) is 28.2. The number of amides is 2. The van der Waals surface area contributed by atoms with Crippen molar-refractivity contribution in [3.8, 4) is 16.2 Å². The van der Waals surface area contributed by atoms with Gasteiger partial charge < -0.3 is 20.1 Å². The minimum absolute atomic E-state index is 0.0565. The van der Waals surface area contributed by atoms with Crippen LogP contribution in [0.4, 0.5) is 13.9 Å². The van der Waals surface area contributed by atoms with Gasteiger partial charge in [-0.2, -0.15) is 0 Å². The van der Waals surface area contributed by atoms with E-state index >= 15 is 0 Å². The highest BCUT2D eigenvalue weighted by molar-refractivity contribution is 7.19. The van der Waals surface area contributed by atoms with Crippen LogP contribution in [0.25, 0.3) is 10.4 Å². The van der Waals surface area contributed by atoms with Crippen LogP contribution in [-0.2, 0) is 27.4 Å². The Balaban J connectivity index is 1.70. The Labute approximate surface area is 219 Å². The lowest BCUT2D eigenvalue weighted by Crippen LogP contribution is -2.44. The molecule has 1 atom stereocenters. The van der Waals surface area contributed by atoms with Gasteiger partial charge in [0.1, 0.15) is 23.4 Å². The lowest BCUT2D eigenvalue weighted by atomic mass is 10.1. The monoisotopic (exact) mass is 531 g/mol. The number of aromatic nitrogens is 1. The molecule has 2 amide bonds. The van der Waals surface area contributed by atoms with Crippen molar-refractivity contribution in [1.29, 1.82) is 0 Å². The summed E-state index contributed by atoms with van der Waals surface area (Å²) in [6.07, 6.45) is 2.51. The van der Waals surface area contributed by atoms with Crippen molar-refractivity contribution < 1.29 is 27.8 Å².